The summed E-state index contributed by atoms with van der Waals surface area (Å²) in [4.78, 5) is 0. The SMILES string of the molecule is CC(C)(C)[S@](=O)NC(CCC1CC1)(c1cccc(C#N)c1)c1ccc(F)c(N)c1. The number of nitrogen functional groups attached to an aromatic ring is 1. The average Bonchev–Trinajstić information content (AvgIpc) is 3.51. The average molecular weight is 414 g/mol. The maximum Gasteiger partial charge on any atom is 0.146 e. The Morgan fingerprint density at radius 3 is 2.48 bits per heavy atom. The second-order valence-electron chi connectivity index (χ2n) is 8.80. The highest BCUT2D eigenvalue weighted by Gasteiger charge is 2.40. The Kier molecular flexibility index (Phi) is 6.11. The molecule has 0 amide bonds. The van der Waals surface area contributed by atoms with Crippen molar-refractivity contribution in [2.45, 2.75) is 56.7 Å². The van der Waals surface area contributed by atoms with Crippen LogP contribution in [0.15, 0.2) is 42.5 Å². The molecule has 1 aliphatic rings. The summed E-state index contributed by atoms with van der Waals surface area (Å²) >= 11 is 0. The zero-order valence-corrected chi connectivity index (χ0v) is 18.0. The molecule has 6 heteroatoms. The van der Waals surface area contributed by atoms with Gasteiger partial charge in [-0.1, -0.05) is 31.0 Å². The van der Waals surface area contributed by atoms with Crippen molar-refractivity contribution < 1.29 is 8.60 Å². The summed E-state index contributed by atoms with van der Waals surface area (Å²) in [7, 11) is -1.39. The van der Waals surface area contributed by atoms with Gasteiger partial charge in [0.2, 0.25) is 0 Å². The third-order valence-electron chi connectivity index (χ3n) is 5.42. The van der Waals surface area contributed by atoms with E-state index >= 15 is 0 Å². The molecule has 1 fully saturated rings. The molecule has 0 spiro atoms. The van der Waals surface area contributed by atoms with Crippen molar-refractivity contribution in [1.82, 2.24) is 4.72 Å². The Morgan fingerprint density at radius 2 is 1.90 bits per heavy atom. The molecule has 0 aromatic heterocycles. The molecule has 0 saturated heterocycles. The Labute approximate surface area is 174 Å². The number of hydrogen-bond acceptors (Lipinski definition) is 3. The molecule has 2 aromatic carbocycles. The number of hydrogen-bond donors (Lipinski definition) is 2. The fraction of sp³-hybridized carbons (Fsp3) is 0.435. The van der Waals surface area contributed by atoms with Crippen molar-refractivity contribution >= 4 is 16.7 Å². The molecule has 29 heavy (non-hydrogen) atoms. The van der Waals surface area contributed by atoms with Crippen molar-refractivity contribution in [3.63, 3.8) is 0 Å². The maximum absolute atomic E-state index is 13.9. The highest BCUT2D eigenvalue weighted by molar-refractivity contribution is 7.84. The quantitative estimate of drug-likeness (QED) is 0.642. The molecule has 0 heterocycles. The summed E-state index contributed by atoms with van der Waals surface area (Å²) in [6, 6.07) is 14.2. The van der Waals surface area contributed by atoms with Gasteiger partial charge in [0.15, 0.2) is 0 Å². The van der Waals surface area contributed by atoms with Crippen LogP contribution in [0.3, 0.4) is 0 Å². The number of halogens is 1. The van der Waals surface area contributed by atoms with Crippen molar-refractivity contribution in [1.29, 1.82) is 5.26 Å². The molecule has 4 nitrogen and oxygen atoms in total. The van der Waals surface area contributed by atoms with Crippen LogP contribution in [0.2, 0.25) is 0 Å². The van der Waals surface area contributed by atoms with Gasteiger partial charge in [0.25, 0.3) is 0 Å². The number of nitrogens with one attached hydrogen (secondary N) is 1. The Morgan fingerprint density at radius 1 is 1.21 bits per heavy atom. The lowest BCUT2D eigenvalue weighted by molar-refractivity contribution is 0.415. The molecule has 2 aromatic rings. The predicted molar refractivity (Wildman–Crippen MR) is 116 cm³/mol. The van der Waals surface area contributed by atoms with Crippen LogP contribution in [0.25, 0.3) is 0 Å². The highest BCUT2D eigenvalue weighted by Crippen LogP contribution is 2.42. The van der Waals surface area contributed by atoms with Crippen molar-refractivity contribution in [2.75, 3.05) is 5.73 Å². The van der Waals surface area contributed by atoms with E-state index in [0.29, 0.717) is 17.9 Å². The summed E-state index contributed by atoms with van der Waals surface area (Å²) in [5.74, 6) is 0.170. The van der Waals surface area contributed by atoms with E-state index in [1.165, 1.54) is 18.9 Å². The monoisotopic (exact) mass is 413 g/mol. The molecule has 1 saturated carbocycles. The van der Waals surface area contributed by atoms with E-state index in [9.17, 15) is 13.9 Å². The molecular formula is C23H28FN3OS. The lowest BCUT2D eigenvalue weighted by Gasteiger charge is -2.38. The first-order chi connectivity index (χ1) is 13.7. The van der Waals surface area contributed by atoms with Crippen LogP contribution in [0.4, 0.5) is 10.1 Å². The molecular weight excluding hydrogens is 385 g/mol. The Balaban J connectivity index is 2.19. The minimum Gasteiger partial charge on any atom is -0.396 e. The first-order valence-electron chi connectivity index (χ1n) is 9.91. The van der Waals surface area contributed by atoms with E-state index in [1.807, 2.05) is 39.0 Å². The lowest BCUT2D eigenvalue weighted by atomic mass is 9.79. The summed E-state index contributed by atoms with van der Waals surface area (Å²) in [6.07, 6.45) is 4.02. The van der Waals surface area contributed by atoms with Crippen molar-refractivity contribution in [2.24, 2.45) is 5.92 Å². The van der Waals surface area contributed by atoms with Crippen LogP contribution in [0.5, 0.6) is 0 Å². The van der Waals surface area contributed by atoms with Crippen LogP contribution in [0, 0.1) is 23.1 Å². The minimum atomic E-state index is -1.39. The minimum absolute atomic E-state index is 0.0538. The van der Waals surface area contributed by atoms with E-state index in [1.54, 1.807) is 18.2 Å². The lowest BCUT2D eigenvalue weighted by Crippen LogP contribution is -2.49. The molecule has 154 valence electrons. The third kappa shape index (κ3) is 4.85. The van der Waals surface area contributed by atoms with E-state index in [-0.39, 0.29) is 5.69 Å². The van der Waals surface area contributed by atoms with Gasteiger partial charge in [-0.05, 0) is 74.9 Å². The largest absolute Gasteiger partial charge is 0.396 e. The number of nitrogens with two attached hydrogens (primary N) is 1. The van der Waals surface area contributed by atoms with Gasteiger partial charge in [0.1, 0.15) is 5.82 Å². The van der Waals surface area contributed by atoms with E-state index in [4.69, 9.17) is 5.73 Å². The third-order valence-corrected chi connectivity index (χ3v) is 7.07. The van der Waals surface area contributed by atoms with E-state index in [2.05, 4.69) is 10.8 Å². The topological polar surface area (TPSA) is 78.9 Å². The van der Waals surface area contributed by atoms with E-state index < -0.39 is 27.1 Å². The highest BCUT2D eigenvalue weighted by atomic mass is 32.2. The van der Waals surface area contributed by atoms with Gasteiger partial charge in [0, 0.05) is 0 Å². The Hall–Kier alpha value is -2.23. The molecule has 3 N–H and O–H groups in total. The molecule has 2 atom stereocenters. The fourth-order valence-corrected chi connectivity index (χ4v) is 4.39. The van der Waals surface area contributed by atoms with Crippen LogP contribution in [0.1, 0.15) is 63.1 Å². The second kappa shape index (κ2) is 8.25. The first kappa shape index (κ1) is 21.5. The molecule has 3 rings (SSSR count). The summed E-state index contributed by atoms with van der Waals surface area (Å²) < 4.78 is 30.0. The normalized spacial score (nSPS) is 17.3. The van der Waals surface area contributed by atoms with Crippen LogP contribution < -0.4 is 10.5 Å². The number of anilines is 1. The predicted octanol–water partition coefficient (Wildman–Crippen LogP) is 4.77. The smallest absolute Gasteiger partial charge is 0.146 e. The molecule has 0 radical (unpaired) electrons. The van der Waals surface area contributed by atoms with Gasteiger partial charge in [-0.3, -0.25) is 0 Å². The number of benzene rings is 2. The molecule has 1 unspecified atom stereocenters. The van der Waals surface area contributed by atoms with Gasteiger partial charge in [-0.25, -0.2) is 13.3 Å². The van der Waals surface area contributed by atoms with Crippen LogP contribution >= 0.6 is 0 Å². The second-order valence-corrected chi connectivity index (χ2v) is 10.8. The van der Waals surface area contributed by atoms with Gasteiger partial charge in [0.05, 0.1) is 38.6 Å². The Bertz CT molecular complexity index is 959. The van der Waals surface area contributed by atoms with Crippen LogP contribution in [-0.2, 0) is 16.5 Å². The summed E-state index contributed by atoms with van der Waals surface area (Å²) in [5, 5.41) is 9.42. The zero-order chi connectivity index (χ0) is 21.2. The zero-order valence-electron chi connectivity index (χ0n) is 17.2. The maximum atomic E-state index is 13.9. The standard InChI is InChI=1S/C23H28FN3OS/c1-22(2,3)29(28)27-23(12-11-16-7-8-16,18-6-4-5-17(13-18)15-25)19-9-10-20(24)21(26)14-19/h4-6,9-10,13-14,16,27H,7-8,11-12,26H2,1-3H3/t23?,29-/m0/s1. The molecule has 0 aliphatic heterocycles. The number of nitriles is 1. The first-order valence-corrected chi connectivity index (χ1v) is 11.1. The van der Waals surface area contributed by atoms with Crippen LogP contribution in [-0.4, -0.2) is 8.96 Å². The molecule has 0 bridgehead atoms. The molecule has 1 aliphatic carbocycles. The fourth-order valence-electron chi connectivity index (χ4n) is 3.43. The summed E-state index contributed by atoms with van der Waals surface area (Å²) in [5.41, 5.74) is 7.23. The van der Waals surface area contributed by atoms with Gasteiger partial charge >= 0.3 is 0 Å². The van der Waals surface area contributed by atoms with Crippen molar-refractivity contribution in [3.8, 4) is 6.07 Å². The summed E-state index contributed by atoms with van der Waals surface area (Å²) in [6.45, 7) is 5.73. The number of rotatable bonds is 7. The van der Waals surface area contributed by atoms with Crippen molar-refractivity contribution in [3.05, 3.63) is 65.0 Å². The van der Waals surface area contributed by atoms with Gasteiger partial charge in [-0.2, -0.15) is 5.26 Å². The number of nitrogens with zero attached hydrogens (tertiary/aromatic N) is 1. The van der Waals surface area contributed by atoms with Gasteiger partial charge < -0.3 is 5.73 Å². The van der Waals surface area contributed by atoms with E-state index in [0.717, 1.165) is 17.5 Å². The van der Waals surface area contributed by atoms with Gasteiger partial charge in [-0.15, -0.1) is 0 Å².